The van der Waals surface area contributed by atoms with E-state index >= 15 is 0 Å². The van der Waals surface area contributed by atoms with E-state index in [1.807, 2.05) is 59.2 Å². The zero-order chi connectivity index (χ0) is 21.9. The van der Waals surface area contributed by atoms with Crippen LogP contribution in [0.15, 0.2) is 91.4 Å². The molecule has 6 nitrogen and oxygen atoms in total. The van der Waals surface area contributed by atoms with Crippen molar-refractivity contribution < 1.29 is 9.18 Å². The maximum Gasteiger partial charge on any atom is 0.277 e. The molecule has 0 saturated carbocycles. The Balaban J connectivity index is 1.52. The summed E-state index contributed by atoms with van der Waals surface area (Å²) in [5.74, 6) is -0.240. The van der Waals surface area contributed by atoms with Gasteiger partial charge in [0.1, 0.15) is 23.0 Å². The molecule has 0 saturated heterocycles. The largest absolute Gasteiger partial charge is 0.312 e. The second kappa shape index (κ2) is 8.39. The topological polar surface area (TPSA) is 72.7 Å². The van der Waals surface area contributed by atoms with Gasteiger partial charge in [0.05, 0.1) is 30.1 Å². The van der Waals surface area contributed by atoms with Crippen LogP contribution in [0.4, 0.5) is 10.2 Å². The third-order valence-electron chi connectivity index (χ3n) is 5.06. The lowest BCUT2D eigenvalue weighted by Crippen LogP contribution is -2.17. The molecular weight excluding hydrogens is 405 g/mol. The van der Waals surface area contributed by atoms with E-state index in [9.17, 15) is 9.18 Å². The van der Waals surface area contributed by atoms with Crippen molar-refractivity contribution in [1.82, 2.24) is 19.5 Å². The summed E-state index contributed by atoms with van der Waals surface area (Å²) in [6.45, 7) is 0.508. The molecule has 156 valence electrons. The van der Waals surface area contributed by atoms with Gasteiger partial charge in [0.25, 0.3) is 5.91 Å². The number of carbonyl (C=O) groups is 1. The number of para-hydroxylation sites is 2. The van der Waals surface area contributed by atoms with Crippen molar-refractivity contribution in [2.45, 2.75) is 6.54 Å². The normalized spacial score (nSPS) is 10.9. The number of nitrogens with zero attached hydrogens (tertiary/aromatic N) is 4. The van der Waals surface area contributed by atoms with Gasteiger partial charge in [0.15, 0.2) is 0 Å². The molecule has 7 heteroatoms. The smallest absolute Gasteiger partial charge is 0.277 e. The van der Waals surface area contributed by atoms with Crippen molar-refractivity contribution in [2.24, 2.45) is 0 Å². The zero-order valence-electron chi connectivity index (χ0n) is 16.9. The molecule has 0 aliphatic heterocycles. The van der Waals surface area contributed by atoms with E-state index in [-0.39, 0.29) is 11.5 Å². The molecule has 0 atom stereocenters. The van der Waals surface area contributed by atoms with Crippen LogP contribution in [0.3, 0.4) is 0 Å². The van der Waals surface area contributed by atoms with Crippen molar-refractivity contribution in [3.63, 3.8) is 0 Å². The van der Waals surface area contributed by atoms with E-state index in [4.69, 9.17) is 0 Å². The SMILES string of the molecule is O=C(Nc1c(-c2ccc(F)cc2)ncn1Cc1ccccc1)c1cnc2ccccc2n1. The molecule has 5 rings (SSSR count). The zero-order valence-corrected chi connectivity index (χ0v) is 16.9. The van der Waals surface area contributed by atoms with Crippen LogP contribution in [0.25, 0.3) is 22.3 Å². The van der Waals surface area contributed by atoms with Gasteiger partial charge in [0.2, 0.25) is 0 Å². The number of fused-ring (bicyclic) bond motifs is 1. The quantitative estimate of drug-likeness (QED) is 0.435. The Bertz CT molecular complexity index is 1400. The van der Waals surface area contributed by atoms with Gasteiger partial charge in [-0.1, -0.05) is 42.5 Å². The maximum absolute atomic E-state index is 13.4. The molecule has 3 aromatic carbocycles. The number of aromatic nitrogens is 4. The highest BCUT2D eigenvalue weighted by atomic mass is 19.1. The number of rotatable bonds is 5. The summed E-state index contributed by atoms with van der Waals surface area (Å²) < 4.78 is 15.3. The van der Waals surface area contributed by atoms with Gasteiger partial charge in [0, 0.05) is 5.56 Å². The van der Waals surface area contributed by atoms with E-state index in [1.54, 1.807) is 18.5 Å². The second-order valence-corrected chi connectivity index (χ2v) is 7.26. The van der Waals surface area contributed by atoms with E-state index in [0.717, 1.165) is 5.56 Å². The summed E-state index contributed by atoms with van der Waals surface area (Å²) in [6, 6.07) is 23.2. The predicted octanol–water partition coefficient (Wildman–Crippen LogP) is 4.93. The van der Waals surface area contributed by atoms with Crippen LogP contribution >= 0.6 is 0 Å². The Morgan fingerprint density at radius 3 is 2.38 bits per heavy atom. The second-order valence-electron chi connectivity index (χ2n) is 7.26. The standard InChI is InChI=1S/C25H18FN5O/c26-19-12-10-18(11-13-19)23-24(31(16-28-23)15-17-6-2-1-3-7-17)30-25(32)22-14-27-20-8-4-5-9-21(20)29-22/h1-14,16H,15H2,(H,30,32). The summed E-state index contributed by atoms with van der Waals surface area (Å²) in [6.07, 6.45) is 3.11. The summed E-state index contributed by atoms with van der Waals surface area (Å²) in [5.41, 5.74) is 3.83. The molecule has 0 unspecified atom stereocenters. The van der Waals surface area contributed by atoms with Crippen molar-refractivity contribution in [1.29, 1.82) is 0 Å². The highest BCUT2D eigenvalue weighted by Gasteiger charge is 2.18. The summed E-state index contributed by atoms with van der Waals surface area (Å²) in [7, 11) is 0. The Morgan fingerprint density at radius 2 is 1.59 bits per heavy atom. The number of nitrogens with one attached hydrogen (secondary N) is 1. The Kier molecular flexibility index (Phi) is 5.13. The van der Waals surface area contributed by atoms with Gasteiger partial charge >= 0.3 is 0 Å². The van der Waals surface area contributed by atoms with Crippen molar-refractivity contribution >= 4 is 22.8 Å². The van der Waals surface area contributed by atoms with Crippen LogP contribution in [0.2, 0.25) is 0 Å². The molecule has 32 heavy (non-hydrogen) atoms. The number of carbonyl (C=O) groups excluding carboxylic acids is 1. The molecule has 2 aromatic heterocycles. The molecule has 0 aliphatic rings. The average Bonchev–Trinajstić information content (AvgIpc) is 3.21. The van der Waals surface area contributed by atoms with Crippen LogP contribution in [-0.2, 0) is 6.54 Å². The first kappa shape index (κ1) is 19.6. The van der Waals surface area contributed by atoms with Gasteiger partial charge < -0.3 is 9.88 Å². The molecular formula is C25H18FN5O. The molecule has 5 aromatic rings. The molecule has 2 heterocycles. The number of benzene rings is 3. The third kappa shape index (κ3) is 3.96. The molecule has 0 spiro atoms. The lowest BCUT2D eigenvalue weighted by atomic mass is 10.1. The Morgan fingerprint density at radius 1 is 0.875 bits per heavy atom. The van der Waals surface area contributed by atoms with Crippen molar-refractivity contribution in [3.8, 4) is 11.3 Å². The number of anilines is 1. The number of hydrogen-bond acceptors (Lipinski definition) is 4. The molecule has 0 bridgehead atoms. The number of amides is 1. The van der Waals surface area contributed by atoms with Gasteiger partial charge in [-0.15, -0.1) is 0 Å². The van der Waals surface area contributed by atoms with E-state index < -0.39 is 5.91 Å². The van der Waals surface area contributed by atoms with E-state index in [0.29, 0.717) is 34.7 Å². The molecule has 0 radical (unpaired) electrons. The number of hydrogen-bond donors (Lipinski definition) is 1. The third-order valence-corrected chi connectivity index (χ3v) is 5.06. The average molecular weight is 423 g/mol. The van der Waals surface area contributed by atoms with E-state index in [2.05, 4.69) is 20.3 Å². The lowest BCUT2D eigenvalue weighted by Gasteiger charge is -2.12. The van der Waals surface area contributed by atoms with E-state index in [1.165, 1.54) is 18.3 Å². The lowest BCUT2D eigenvalue weighted by molar-refractivity contribution is 0.102. The highest BCUT2D eigenvalue weighted by molar-refractivity contribution is 6.04. The van der Waals surface area contributed by atoms with Crippen LogP contribution in [0.5, 0.6) is 0 Å². The molecule has 1 amide bonds. The summed E-state index contributed by atoms with van der Waals surface area (Å²) in [5, 5.41) is 2.94. The monoisotopic (exact) mass is 423 g/mol. The predicted molar refractivity (Wildman–Crippen MR) is 121 cm³/mol. The molecule has 1 N–H and O–H groups in total. The fraction of sp³-hybridized carbons (Fsp3) is 0.0400. The minimum Gasteiger partial charge on any atom is -0.312 e. The fourth-order valence-corrected chi connectivity index (χ4v) is 3.47. The first-order chi connectivity index (χ1) is 15.7. The molecule has 0 aliphatic carbocycles. The first-order valence-corrected chi connectivity index (χ1v) is 10.1. The van der Waals surface area contributed by atoms with Gasteiger partial charge in [-0.25, -0.2) is 14.4 Å². The van der Waals surface area contributed by atoms with Crippen molar-refractivity contribution in [2.75, 3.05) is 5.32 Å². The van der Waals surface area contributed by atoms with Gasteiger partial charge in [-0.05, 0) is 42.0 Å². The first-order valence-electron chi connectivity index (χ1n) is 10.1. The van der Waals surface area contributed by atoms with Crippen LogP contribution in [0.1, 0.15) is 16.1 Å². The minimum absolute atomic E-state index is 0.196. The van der Waals surface area contributed by atoms with Gasteiger partial charge in [-0.2, -0.15) is 0 Å². The summed E-state index contributed by atoms with van der Waals surface area (Å²) >= 11 is 0. The fourth-order valence-electron chi connectivity index (χ4n) is 3.47. The molecule has 0 fully saturated rings. The Labute approximate surface area is 183 Å². The maximum atomic E-state index is 13.4. The van der Waals surface area contributed by atoms with Gasteiger partial charge in [-0.3, -0.25) is 9.78 Å². The summed E-state index contributed by atoms with van der Waals surface area (Å²) in [4.78, 5) is 26.3. The highest BCUT2D eigenvalue weighted by Crippen LogP contribution is 2.28. The van der Waals surface area contributed by atoms with Crippen LogP contribution in [0, 0.1) is 5.82 Å². The number of halogens is 1. The number of imidazole rings is 1. The Hall–Kier alpha value is -4.39. The van der Waals surface area contributed by atoms with Crippen LogP contribution < -0.4 is 5.32 Å². The van der Waals surface area contributed by atoms with Crippen LogP contribution in [-0.4, -0.2) is 25.4 Å². The van der Waals surface area contributed by atoms with Crippen molar-refractivity contribution in [3.05, 3.63) is 108 Å². The minimum atomic E-state index is -0.401.